The highest BCUT2D eigenvalue weighted by molar-refractivity contribution is 5.98. The van der Waals surface area contributed by atoms with Gasteiger partial charge in [-0.1, -0.05) is 34.6 Å². The summed E-state index contributed by atoms with van der Waals surface area (Å²) >= 11 is 0. The van der Waals surface area contributed by atoms with Crippen molar-refractivity contribution in [2.75, 3.05) is 0 Å². The third kappa shape index (κ3) is 3.38. The van der Waals surface area contributed by atoms with Gasteiger partial charge in [0.15, 0.2) is 0 Å². The zero-order chi connectivity index (χ0) is 12.4. The normalized spacial score (nSPS) is 13.7. The Morgan fingerprint density at radius 3 is 1.47 bits per heavy atom. The van der Waals surface area contributed by atoms with E-state index in [1.165, 1.54) is 0 Å². The molecule has 0 saturated carbocycles. The number of aliphatic carboxylic acids is 2. The second-order valence-electron chi connectivity index (χ2n) is 4.77. The fraction of sp³-hybridized carbons (Fsp3) is 0.636. The van der Waals surface area contributed by atoms with Gasteiger partial charge in [-0.05, 0) is 22.5 Å². The molecule has 0 aromatic rings. The van der Waals surface area contributed by atoms with E-state index in [9.17, 15) is 19.8 Å². The molecule has 4 heteroatoms. The fourth-order valence-corrected chi connectivity index (χ4v) is 1.45. The molecule has 0 atom stereocenters. The minimum atomic E-state index is -1.45. The van der Waals surface area contributed by atoms with Gasteiger partial charge < -0.3 is 19.8 Å². The Hall–Kier alpha value is -1.32. The van der Waals surface area contributed by atoms with Crippen molar-refractivity contribution in [2.24, 2.45) is 11.3 Å². The summed E-state index contributed by atoms with van der Waals surface area (Å²) in [7, 11) is 0. The smallest absolute Gasteiger partial charge is 0.0683 e. The van der Waals surface area contributed by atoms with Crippen molar-refractivity contribution in [3.63, 3.8) is 0 Å². The topological polar surface area (TPSA) is 80.3 Å². The van der Waals surface area contributed by atoms with Crippen LogP contribution in [0.25, 0.3) is 0 Å². The predicted molar refractivity (Wildman–Crippen MR) is 51.3 cm³/mol. The van der Waals surface area contributed by atoms with E-state index in [-0.39, 0.29) is 11.1 Å². The lowest BCUT2D eigenvalue weighted by atomic mass is 9.80. The van der Waals surface area contributed by atoms with Gasteiger partial charge in [0.1, 0.15) is 0 Å². The van der Waals surface area contributed by atoms with E-state index in [0.29, 0.717) is 0 Å². The molecule has 0 radical (unpaired) electrons. The maximum absolute atomic E-state index is 10.9. The summed E-state index contributed by atoms with van der Waals surface area (Å²) in [6.07, 6.45) is 0. The summed E-state index contributed by atoms with van der Waals surface area (Å²) < 4.78 is 0. The van der Waals surface area contributed by atoms with E-state index in [0.717, 1.165) is 0 Å². The Kier molecular flexibility index (Phi) is 4.07. The second kappa shape index (κ2) is 4.47. The van der Waals surface area contributed by atoms with Crippen LogP contribution in [-0.4, -0.2) is 11.9 Å². The fourth-order valence-electron chi connectivity index (χ4n) is 1.45. The lowest BCUT2D eigenvalue weighted by Crippen LogP contribution is -2.38. The molecule has 0 heterocycles. The molecule has 0 N–H and O–H groups in total. The predicted octanol–water partition coefficient (Wildman–Crippen LogP) is -0.515. The van der Waals surface area contributed by atoms with E-state index < -0.39 is 23.3 Å². The van der Waals surface area contributed by atoms with Crippen LogP contribution in [0.4, 0.5) is 0 Å². The average Bonchev–Trinajstić information content (AvgIpc) is 1.94. The monoisotopic (exact) mass is 212 g/mol. The lowest BCUT2D eigenvalue weighted by molar-refractivity contribution is -0.305. The largest absolute Gasteiger partial charge is 0.545 e. The highest BCUT2D eigenvalue weighted by Gasteiger charge is 2.24. The summed E-state index contributed by atoms with van der Waals surface area (Å²) in [4.78, 5) is 21.8. The molecule has 4 nitrogen and oxygen atoms in total. The first-order chi connectivity index (χ1) is 6.59. The second-order valence-corrected chi connectivity index (χ2v) is 4.77. The van der Waals surface area contributed by atoms with Gasteiger partial charge in [0.05, 0.1) is 11.9 Å². The Morgan fingerprint density at radius 2 is 1.40 bits per heavy atom. The maximum atomic E-state index is 10.9. The van der Waals surface area contributed by atoms with Crippen molar-refractivity contribution in [3.05, 3.63) is 11.1 Å². The Morgan fingerprint density at radius 1 is 1.00 bits per heavy atom. The van der Waals surface area contributed by atoms with Crippen LogP contribution in [0.15, 0.2) is 11.1 Å². The van der Waals surface area contributed by atoms with Crippen molar-refractivity contribution >= 4 is 11.9 Å². The van der Waals surface area contributed by atoms with E-state index in [1.54, 1.807) is 34.6 Å². The SMILES string of the molecule is CC(C)/C(C(=O)[O-])=C(\C(=O)[O-])C(C)(C)C. The molecule has 0 saturated heterocycles. The van der Waals surface area contributed by atoms with Crippen LogP contribution in [-0.2, 0) is 9.59 Å². The molecule has 0 bridgehead atoms. The quantitative estimate of drug-likeness (QED) is 0.590. The maximum Gasteiger partial charge on any atom is 0.0683 e. The number of hydrogen-bond acceptors (Lipinski definition) is 4. The van der Waals surface area contributed by atoms with Crippen LogP contribution in [0.2, 0.25) is 0 Å². The van der Waals surface area contributed by atoms with Gasteiger partial charge in [-0.3, -0.25) is 0 Å². The number of carbonyl (C=O) groups excluding carboxylic acids is 2. The van der Waals surface area contributed by atoms with E-state index >= 15 is 0 Å². The molecule has 0 aliphatic rings. The molecular formula is C11H16O4-2. The molecule has 86 valence electrons. The first-order valence-corrected chi connectivity index (χ1v) is 4.76. The van der Waals surface area contributed by atoms with Crippen LogP contribution in [0, 0.1) is 11.3 Å². The highest BCUT2D eigenvalue weighted by Crippen LogP contribution is 2.30. The third-order valence-corrected chi connectivity index (χ3v) is 2.02. The van der Waals surface area contributed by atoms with Crippen molar-refractivity contribution in [1.82, 2.24) is 0 Å². The molecule has 0 aliphatic heterocycles. The van der Waals surface area contributed by atoms with Crippen LogP contribution >= 0.6 is 0 Å². The zero-order valence-corrected chi connectivity index (χ0v) is 9.71. The zero-order valence-electron chi connectivity index (χ0n) is 9.71. The third-order valence-electron chi connectivity index (χ3n) is 2.02. The van der Waals surface area contributed by atoms with Crippen molar-refractivity contribution < 1.29 is 19.8 Å². The van der Waals surface area contributed by atoms with Gasteiger partial charge in [0, 0.05) is 0 Å². The first-order valence-electron chi connectivity index (χ1n) is 4.76. The van der Waals surface area contributed by atoms with Crippen LogP contribution in [0.5, 0.6) is 0 Å². The summed E-state index contributed by atoms with van der Waals surface area (Å²) in [5.41, 5.74) is -1.17. The van der Waals surface area contributed by atoms with Gasteiger partial charge in [-0.15, -0.1) is 0 Å². The number of carboxylic acids is 2. The number of carbonyl (C=O) groups is 2. The van der Waals surface area contributed by atoms with Gasteiger partial charge in [0.25, 0.3) is 0 Å². The molecule has 0 amide bonds. The Balaban J connectivity index is 5.81. The molecule has 15 heavy (non-hydrogen) atoms. The lowest BCUT2D eigenvalue weighted by Gasteiger charge is -2.29. The number of carboxylic acid groups (broad SMARTS) is 2. The molecule has 0 spiro atoms. The van der Waals surface area contributed by atoms with Crippen LogP contribution < -0.4 is 10.2 Å². The molecule has 0 aliphatic carbocycles. The van der Waals surface area contributed by atoms with Gasteiger partial charge >= 0.3 is 0 Å². The van der Waals surface area contributed by atoms with E-state index in [4.69, 9.17) is 0 Å². The first kappa shape index (κ1) is 13.7. The molecule has 0 aromatic carbocycles. The Labute approximate surface area is 89.6 Å². The Bertz CT molecular complexity index is 305. The summed E-state index contributed by atoms with van der Waals surface area (Å²) in [5, 5.41) is 21.8. The minimum absolute atomic E-state index is 0.192. The molecule has 0 unspecified atom stereocenters. The van der Waals surface area contributed by atoms with Crippen molar-refractivity contribution in [1.29, 1.82) is 0 Å². The van der Waals surface area contributed by atoms with Crippen LogP contribution in [0.1, 0.15) is 34.6 Å². The number of hydrogen-bond donors (Lipinski definition) is 0. The van der Waals surface area contributed by atoms with Crippen molar-refractivity contribution in [3.8, 4) is 0 Å². The molecular weight excluding hydrogens is 196 g/mol. The summed E-state index contributed by atoms with van der Waals surface area (Å²) in [6, 6.07) is 0. The van der Waals surface area contributed by atoms with Gasteiger partial charge in [-0.25, -0.2) is 0 Å². The van der Waals surface area contributed by atoms with E-state index in [1.807, 2.05) is 0 Å². The minimum Gasteiger partial charge on any atom is -0.545 e. The van der Waals surface area contributed by atoms with Gasteiger partial charge in [-0.2, -0.15) is 0 Å². The molecule has 0 aromatic heterocycles. The summed E-state index contributed by atoms with van der Waals surface area (Å²) in [6.45, 7) is 8.11. The summed E-state index contributed by atoms with van der Waals surface area (Å²) in [5.74, 6) is -3.31. The average molecular weight is 212 g/mol. The van der Waals surface area contributed by atoms with Gasteiger partial charge in [0.2, 0.25) is 0 Å². The molecule has 0 fully saturated rings. The standard InChI is InChI=1S/C11H18O4/c1-6(2)7(9(12)13)8(10(14)15)11(3,4)5/h6H,1-5H3,(H,12,13)(H,14,15)/p-2/b8-7-. The van der Waals surface area contributed by atoms with Crippen molar-refractivity contribution in [2.45, 2.75) is 34.6 Å². The molecule has 0 rings (SSSR count). The highest BCUT2D eigenvalue weighted by atomic mass is 16.4. The van der Waals surface area contributed by atoms with Crippen LogP contribution in [0.3, 0.4) is 0 Å². The number of rotatable bonds is 3. The van der Waals surface area contributed by atoms with E-state index in [2.05, 4.69) is 0 Å².